The number of carbonyl (C=O) groups excluding carboxylic acids is 1. The van der Waals surface area contributed by atoms with Crippen molar-refractivity contribution in [1.82, 2.24) is 10.2 Å². The van der Waals surface area contributed by atoms with Crippen LogP contribution >= 0.6 is 0 Å². The SMILES string of the molecule is CCC1(C)NC(c2ccc(C)cc2)N(C2CCC2)C1=O. The third kappa shape index (κ3) is 2.05. The molecule has 3 nitrogen and oxygen atoms in total. The number of hydrogen-bond acceptors (Lipinski definition) is 2. The monoisotopic (exact) mass is 272 g/mol. The van der Waals surface area contributed by atoms with E-state index in [-0.39, 0.29) is 12.1 Å². The van der Waals surface area contributed by atoms with E-state index in [1.807, 2.05) is 6.92 Å². The van der Waals surface area contributed by atoms with Crippen LogP contribution in [0.4, 0.5) is 0 Å². The fourth-order valence-electron chi connectivity index (χ4n) is 3.12. The second kappa shape index (κ2) is 4.88. The molecule has 1 N–H and O–H groups in total. The molecule has 0 radical (unpaired) electrons. The third-order valence-electron chi connectivity index (χ3n) is 5.01. The summed E-state index contributed by atoms with van der Waals surface area (Å²) in [4.78, 5) is 14.9. The second-order valence-electron chi connectivity index (χ2n) is 6.44. The molecule has 1 amide bonds. The van der Waals surface area contributed by atoms with Crippen molar-refractivity contribution in [1.29, 1.82) is 0 Å². The van der Waals surface area contributed by atoms with Crippen LogP contribution in [0.15, 0.2) is 24.3 Å². The van der Waals surface area contributed by atoms with E-state index >= 15 is 0 Å². The number of carbonyl (C=O) groups is 1. The largest absolute Gasteiger partial charge is 0.318 e. The number of rotatable bonds is 3. The van der Waals surface area contributed by atoms with E-state index in [4.69, 9.17) is 0 Å². The van der Waals surface area contributed by atoms with Crippen LogP contribution in [-0.4, -0.2) is 22.4 Å². The van der Waals surface area contributed by atoms with Crippen molar-refractivity contribution >= 4 is 5.91 Å². The Kier molecular flexibility index (Phi) is 3.33. The van der Waals surface area contributed by atoms with E-state index < -0.39 is 5.54 Å². The summed E-state index contributed by atoms with van der Waals surface area (Å²) >= 11 is 0. The average molecular weight is 272 g/mol. The lowest BCUT2D eigenvalue weighted by Crippen LogP contribution is -2.46. The van der Waals surface area contributed by atoms with Crippen LogP contribution in [0.5, 0.6) is 0 Å². The van der Waals surface area contributed by atoms with Gasteiger partial charge in [0, 0.05) is 6.04 Å². The molecule has 1 aliphatic carbocycles. The van der Waals surface area contributed by atoms with Gasteiger partial charge in [-0.25, -0.2) is 0 Å². The Hall–Kier alpha value is -1.35. The summed E-state index contributed by atoms with van der Waals surface area (Å²) in [5, 5.41) is 3.58. The van der Waals surface area contributed by atoms with Gasteiger partial charge in [0.2, 0.25) is 5.91 Å². The van der Waals surface area contributed by atoms with Gasteiger partial charge in [0.15, 0.2) is 0 Å². The van der Waals surface area contributed by atoms with Gasteiger partial charge in [0.25, 0.3) is 0 Å². The first-order chi connectivity index (χ1) is 9.55. The Morgan fingerprint density at radius 2 is 1.95 bits per heavy atom. The minimum Gasteiger partial charge on any atom is -0.318 e. The molecule has 1 aromatic carbocycles. The zero-order valence-electron chi connectivity index (χ0n) is 12.6. The highest BCUT2D eigenvalue weighted by Crippen LogP contribution is 2.39. The standard InChI is InChI=1S/C17H24N2O/c1-4-17(3)16(20)19(14-6-5-7-14)15(18-17)13-10-8-12(2)9-11-13/h8-11,14-15,18H,4-7H2,1-3H3. The maximum Gasteiger partial charge on any atom is 0.244 e. The fourth-order valence-corrected chi connectivity index (χ4v) is 3.12. The summed E-state index contributed by atoms with van der Waals surface area (Å²) in [5.74, 6) is 0.273. The zero-order valence-corrected chi connectivity index (χ0v) is 12.6. The third-order valence-corrected chi connectivity index (χ3v) is 5.01. The summed E-state index contributed by atoms with van der Waals surface area (Å²) in [7, 11) is 0. The number of benzene rings is 1. The van der Waals surface area contributed by atoms with Crippen molar-refractivity contribution in [2.45, 2.75) is 64.2 Å². The first-order valence-corrected chi connectivity index (χ1v) is 7.72. The average Bonchev–Trinajstić information content (AvgIpc) is 2.64. The van der Waals surface area contributed by atoms with Crippen molar-refractivity contribution in [2.75, 3.05) is 0 Å². The van der Waals surface area contributed by atoms with Crippen LogP contribution < -0.4 is 5.32 Å². The molecular formula is C17H24N2O. The first-order valence-electron chi connectivity index (χ1n) is 7.72. The van der Waals surface area contributed by atoms with E-state index in [1.54, 1.807) is 0 Å². The van der Waals surface area contributed by atoms with E-state index in [0.717, 1.165) is 19.3 Å². The van der Waals surface area contributed by atoms with Crippen LogP contribution in [0.1, 0.15) is 56.8 Å². The Morgan fingerprint density at radius 1 is 1.30 bits per heavy atom. The molecule has 3 rings (SSSR count). The normalized spacial score (nSPS) is 30.6. The van der Waals surface area contributed by atoms with Crippen LogP contribution in [0.3, 0.4) is 0 Å². The lowest BCUT2D eigenvalue weighted by Gasteiger charge is -2.38. The highest BCUT2D eigenvalue weighted by atomic mass is 16.2. The predicted molar refractivity (Wildman–Crippen MR) is 80.2 cm³/mol. The molecular weight excluding hydrogens is 248 g/mol. The molecule has 108 valence electrons. The lowest BCUT2D eigenvalue weighted by molar-refractivity contribution is -0.136. The smallest absolute Gasteiger partial charge is 0.244 e. The Labute approximate surface area is 121 Å². The highest BCUT2D eigenvalue weighted by molar-refractivity contribution is 5.89. The molecule has 3 heteroatoms. The van der Waals surface area contributed by atoms with Crippen molar-refractivity contribution in [3.63, 3.8) is 0 Å². The predicted octanol–water partition coefficient (Wildman–Crippen LogP) is 3.15. The van der Waals surface area contributed by atoms with Crippen LogP contribution in [0, 0.1) is 6.92 Å². The number of hydrogen-bond donors (Lipinski definition) is 1. The van der Waals surface area contributed by atoms with Gasteiger partial charge in [-0.1, -0.05) is 36.8 Å². The topological polar surface area (TPSA) is 32.3 Å². The number of nitrogens with one attached hydrogen (secondary N) is 1. The van der Waals surface area contributed by atoms with Gasteiger partial charge in [-0.05, 0) is 45.1 Å². The molecule has 2 unspecified atom stereocenters. The van der Waals surface area contributed by atoms with E-state index in [2.05, 4.69) is 48.3 Å². The molecule has 1 aliphatic heterocycles. The van der Waals surface area contributed by atoms with Crippen molar-refractivity contribution in [2.24, 2.45) is 0 Å². The lowest BCUT2D eigenvalue weighted by atomic mass is 9.89. The number of nitrogens with zero attached hydrogens (tertiary/aromatic N) is 1. The highest BCUT2D eigenvalue weighted by Gasteiger charge is 2.50. The summed E-state index contributed by atoms with van der Waals surface area (Å²) in [6, 6.07) is 8.97. The molecule has 20 heavy (non-hydrogen) atoms. The van der Waals surface area contributed by atoms with Crippen LogP contribution in [-0.2, 0) is 4.79 Å². The van der Waals surface area contributed by atoms with Gasteiger partial charge >= 0.3 is 0 Å². The second-order valence-corrected chi connectivity index (χ2v) is 6.44. The molecule has 1 saturated carbocycles. The molecule has 0 aromatic heterocycles. The van der Waals surface area contributed by atoms with Gasteiger partial charge in [0.05, 0.1) is 5.54 Å². The Bertz CT molecular complexity index is 506. The van der Waals surface area contributed by atoms with Crippen molar-refractivity contribution in [3.8, 4) is 0 Å². The fraction of sp³-hybridized carbons (Fsp3) is 0.588. The van der Waals surface area contributed by atoms with Gasteiger partial charge in [-0.15, -0.1) is 0 Å². The molecule has 0 spiro atoms. The summed E-state index contributed by atoms with van der Waals surface area (Å²) in [6.45, 7) is 6.22. The van der Waals surface area contributed by atoms with Crippen LogP contribution in [0.25, 0.3) is 0 Å². The molecule has 2 atom stereocenters. The van der Waals surface area contributed by atoms with Crippen molar-refractivity contribution in [3.05, 3.63) is 35.4 Å². The first kappa shape index (κ1) is 13.6. The van der Waals surface area contributed by atoms with E-state index in [1.165, 1.54) is 17.5 Å². The van der Waals surface area contributed by atoms with Crippen molar-refractivity contribution < 1.29 is 4.79 Å². The quantitative estimate of drug-likeness (QED) is 0.916. The number of aryl methyl sites for hydroxylation is 1. The minimum absolute atomic E-state index is 0.0401. The number of amides is 1. The van der Waals surface area contributed by atoms with E-state index in [9.17, 15) is 4.79 Å². The Morgan fingerprint density at radius 3 is 2.45 bits per heavy atom. The van der Waals surface area contributed by atoms with Gasteiger partial charge in [0.1, 0.15) is 6.17 Å². The molecule has 1 aromatic rings. The van der Waals surface area contributed by atoms with Gasteiger partial charge in [-0.2, -0.15) is 0 Å². The van der Waals surface area contributed by atoms with E-state index in [0.29, 0.717) is 6.04 Å². The van der Waals surface area contributed by atoms with Gasteiger partial charge in [-0.3, -0.25) is 10.1 Å². The van der Waals surface area contributed by atoms with Crippen LogP contribution in [0.2, 0.25) is 0 Å². The maximum absolute atomic E-state index is 12.8. The summed E-state index contributed by atoms with van der Waals surface area (Å²) < 4.78 is 0. The summed E-state index contributed by atoms with van der Waals surface area (Å²) in [6.07, 6.45) is 4.42. The summed E-state index contributed by atoms with van der Waals surface area (Å²) in [5.41, 5.74) is 2.05. The molecule has 0 bridgehead atoms. The molecule has 1 heterocycles. The molecule has 2 fully saturated rings. The maximum atomic E-state index is 12.8. The van der Waals surface area contributed by atoms with Gasteiger partial charge < -0.3 is 4.90 Å². The molecule has 2 aliphatic rings. The molecule has 1 saturated heterocycles. The Balaban J connectivity index is 1.94. The zero-order chi connectivity index (χ0) is 14.3. The minimum atomic E-state index is -0.412.